The van der Waals surface area contributed by atoms with E-state index in [-0.39, 0.29) is 10.9 Å². The van der Waals surface area contributed by atoms with Crippen molar-refractivity contribution in [2.45, 2.75) is 6.92 Å². The van der Waals surface area contributed by atoms with E-state index in [2.05, 4.69) is 0 Å². The highest BCUT2D eigenvalue weighted by Crippen LogP contribution is 2.33. The van der Waals surface area contributed by atoms with Crippen LogP contribution in [0.4, 0.5) is 4.39 Å². The predicted molar refractivity (Wildman–Crippen MR) is 94.7 cm³/mol. The maximum Gasteiger partial charge on any atom is 0.266 e. The van der Waals surface area contributed by atoms with E-state index in [9.17, 15) is 9.18 Å². The number of thioether (sulfide) groups is 1. The highest BCUT2D eigenvalue weighted by Gasteiger charge is 2.30. The lowest BCUT2D eigenvalue weighted by Gasteiger charge is -2.09. The van der Waals surface area contributed by atoms with Gasteiger partial charge in [-0.15, -0.1) is 0 Å². The average molecular weight is 368 g/mol. The molecule has 118 valence electrons. The van der Waals surface area contributed by atoms with Gasteiger partial charge in [0, 0.05) is 18.2 Å². The van der Waals surface area contributed by atoms with E-state index in [0.717, 1.165) is 0 Å². The van der Waals surface area contributed by atoms with Crippen LogP contribution in [0, 0.1) is 5.82 Å². The molecular weight excluding hydrogens is 357 g/mol. The predicted octanol–water partition coefficient (Wildman–Crippen LogP) is 4.96. The summed E-state index contributed by atoms with van der Waals surface area (Å²) >= 11 is 12.2. The standard InChI is InChI=1S/C16H11ClFNO2S2/c1-2-19-15(20)14(23-16(19)22)8-10-4-6-13(21-10)9-3-5-12(18)11(17)7-9/h3-8H,2H2,1H3/b14-8-. The van der Waals surface area contributed by atoms with Crippen molar-refractivity contribution in [2.75, 3.05) is 6.54 Å². The van der Waals surface area contributed by atoms with Gasteiger partial charge >= 0.3 is 0 Å². The Balaban J connectivity index is 1.88. The summed E-state index contributed by atoms with van der Waals surface area (Å²) in [6.07, 6.45) is 1.66. The van der Waals surface area contributed by atoms with E-state index < -0.39 is 5.82 Å². The lowest BCUT2D eigenvalue weighted by molar-refractivity contribution is -0.121. The van der Waals surface area contributed by atoms with Gasteiger partial charge in [-0.1, -0.05) is 35.6 Å². The summed E-state index contributed by atoms with van der Waals surface area (Å²) < 4.78 is 19.4. The van der Waals surface area contributed by atoms with E-state index >= 15 is 0 Å². The van der Waals surface area contributed by atoms with Gasteiger partial charge in [-0.25, -0.2) is 4.39 Å². The van der Waals surface area contributed by atoms with Crippen molar-refractivity contribution in [3.8, 4) is 11.3 Å². The smallest absolute Gasteiger partial charge is 0.266 e. The highest BCUT2D eigenvalue weighted by atomic mass is 35.5. The van der Waals surface area contributed by atoms with Crippen molar-refractivity contribution in [1.29, 1.82) is 0 Å². The molecule has 0 radical (unpaired) electrons. The lowest BCUT2D eigenvalue weighted by Crippen LogP contribution is -2.27. The minimum absolute atomic E-state index is 0.0317. The van der Waals surface area contributed by atoms with Crippen molar-refractivity contribution >= 4 is 51.9 Å². The molecule has 3 rings (SSSR count). The van der Waals surface area contributed by atoms with Crippen molar-refractivity contribution in [2.24, 2.45) is 0 Å². The summed E-state index contributed by atoms with van der Waals surface area (Å²) in [5, 5.41) is 0.0317. The Hall–Kier alpha value is -1.63. The Morgan fingerprint density at radius 2 is 2.17 bits per heavy atom. The molecule has 3 nitrogen and oxygen atoms in total. The molecule has 0 saturated carbocycles. The zero-order valence-electron chi connectivity index (χ0n) is 12.0. The van der Waals surface area contributed by atoms with Gasteiger partial charge in [0.2, 0.25) is 0 Å². The molecule has 23 heavy (non-hydrogen) atoms. The second-order valence-corrected chi connectivity index (χ2v) is 6.84. The number of halogens is 2. The minimum atomic E-state index is -0.481. The number of likely N-dealkylation sites (N-methyl/N-ethyl adjacent to an activating group) is 1. The quantitative estimate of drug-likeness (QED) is 0.567. The van der Waals surface area contributed by atoms with Gasteiger partial charge in [-0.05, 0) is 37.3 Å². The summed E-state index contributed by atoms with van der Waals surface area (Å²) in [4.78, 5) is 14.2. The number of furan rings is 1. The van der Waals surface area contributed by atoms with Crippen LogP contribution >= 0.6 is 35.6 Å². The second-order valence-electron chi connectivity index (χ2n) is 4.76. The Labute approximate surface area is 147 Å². The molecule has 7 heteroatoms. The molecular formula is C16H11ClFNO2S2. The zero-order valence-corrected chi connectivity index (χ0v) is 14.4. The van der Waals surface area contributed by atoms with Crippen LogP contribution in [0.2, 0.25) is 5.02 Å². The van der Waals surface area contributed by atoms with Gasteiger partial charge < -0.3 is 4.42 Å². The molecule has 0 atom stereocenters. The van der Waals surface area contributed by atoms with Crippen LogP contribution in [-0.4, -0.2) is 21.7 Å². The number of carbonyl (C=O) groups is 1. The maximum atomic E-state index is 13.2. The third kappa shape index (κ3) is 3.20. The first-order valence-corrected chi connectivity index (χ1v) is 8.40. The average Bonchev–Trinajstić information content (AvgIpc) is 3.08. The number of benzene rings is 1. The van der Waals surface area contributed by atoms with Crippen molar-refractivity contribution in [3.63, 3.8) is 0 Å². The molecule has 1 amide bonds. The number of hydrogen-bond donors (Lipinski definition) is 0. The van der Waals surface area contributed by atoms with Gasteiger partial charge in [0.05, 0.1) is 9.93 Å². The van der Waals surface area contributed by atoms with Crippen LogP contribution in [-0.2, 0) is 4.79 Å². The first-order valence-electron chi connectivity index (χ1n) is 6.80. The minimum Gasteiger partial charge on any atom is -0.457 e. The Bertz CT molecular complexity index is 831. The molecule has 0 aliphatic carbocycles. The van der Waals surface area contributed by atoms with Crippen LogP contribution in [0.1, 0.15) is 12.7 Å². The summed E-state index contributed by atoms with van der Waals surface area (Å²) in [6, 6.07) is 7.85. The SMILES string of the molecule is CCN1C(=O)/C(=C/c2ccc(-c3ccc(F)c(Cl)c3)o2)SC1=S. The van der Waals surface area contributed by atoms with Crippen molar-refractivity contribution in [3.05, 3.63) is 51.8 Å². The molecule has 2 aromatic rings. The van der Waals surface area contributed by atoms with Crippen molar-refractivity contribution in [1.82, 2.24) is 4.90 Å². The normalized spacial score (nSPS) is 16.7. The molecule has 1 saturated heterocycles. The van der Waals surface area contributed by atoms with Gasteiger partial charge in [0.1, 0.15) is 21.7 Å². The Morgan fingerprint density at radius 3 is 2.83 bits per heavy atom. The largest absolute Gasteiger partial charge is 0.457 e. The molecule has 0 spiro atoms. The molecule has 0 bridgehead atoms. The summed E-state index contributed by atoms with van der Waals surface area (Å²) in [6.45, 7) is 2.41. The van der Waals surface area contributed by atoms with Gasteiger partial charge in [0.25, 0.3) is 5.91 Å². The van der Waals surface area contributed by atoms with E-state index in [1.54, 1.807) is 24.3 Å². The number of hydrogen-bond acceptors (Lipinski definition) is 4. The molecule has 1 aliphatic heterocycles. The fourth-order valence-corrected chi connectivity index (χ4v) is 3.68. The van der Waals surface area contributed by atoms with E-state index in [1.165, 1.54) is 28.8 Å². The molecule has 0 N–H and O–H groups in total. The van der Waals surface area contributed by atoms with E-state index in [1.807, 2.05) is 6.92 Å². The Kier molecular flexibility index (Phi) is 4.57. The van der Waals surface area contributed by atoms with Crippen LogP contribution in [0.25, 0.3) is 17.4 Å². The van der Waals surface area contributed by atoms with Crippen molar-refractivity contribution < 1.29 is 13.6 Å². The topological polar surface area (TPSA) is 33.5 Å². The zero-order chi connectivity index (χ0) is 16.6. The van der Waals surface area contributed by atoms with Gasteiger partial charge in [-0.3, -0.25) is 9.69 Å². The monoisotopic (exact) mass is 367 g/mol. The number of thiocarbonyl (C=S) groups is 1. The lowest BCUT2D eigenvalue weighted by atomic mass is 10.2. The summed E-state index contributed by atoms with van der Waals surface area (Å²) in [5.41, 5.74) is 0.664. The summed E-state index contributed by atoms with van der Waals surface area (Å²) in [5.74, 6) is 0.469. The third-order valence-electron chi connectivity index (χ3n) is 3.29. The molecule has 1 aromatic heterocycles. The van der Waals surface area contributed by atoms with Crippen LogP contribution < -0.4 is 0 Å². The Morgan fingerprint density at radius 1 is 1.39 bits per heavy atom. The fourth-order valence-electron chi connectivity index (χ4n) is 2.14. The fraction of sp³-hybridized carbons (Fsp3) is 0.125. The number of rotatable bonds is 3. The van der Waals surface area contributed by atoms with Gasteiger partial charge in [-0.2, -0.15) is 0 Å². The maximum absolute atomic E-state index is 13.2. The first-order chi connectivity index (χ1) is 11.0. The van der Waals surface area contributed by atoms with Crippen LogP contribution in [0.5, 0.6) is 0 Å². The van der Waals surface area contributed by atoms with Crippen LogP contribution in [0.3, 0.4) is 0 Å². The van der Waals surface area contributed by atoms with Crippen LogP contribution in [0.15, 0.2) is 39.7 Å². The molecule has 1 fully saturated rings. The van der Waals surface area contributed by atoms with E-state index in [4.69, 9.17) is 28.2 Å². The number of amides is 1. The highest BCUT2D eigenvalue weighted by molar-refractivity contribution is 8.26. The number of carbonyl (C=O) groups excluding carboxylic acids is 1. The molecule has 1 aromatic carbocycles. The second kappa shape index (κ2) is 6.47. The molecule has 0 unspecified atom stereocenters. The third-order valence-corrected chi connectivity index (χ3v) is 4.96. The van der Waals surface area contributed by atoms with Gasteiger partial charge in [0.15, 0.2) is 0 Å². The molecule has 1 aliphatic rings. The van der Waals surface area contributed by atoms with E-state index in [0.29, 0.717) is 32.9 Å². The number of nitrogens with zero attached hydrogens (tertiary/aromatic N) is 1. The first kappa shape index (κ1) is 16.2. The summed E-state index contributed by atoms with van der Waals surface area (Å²) in [7, 11) is 0. The molecule has 2 heterocycles.